The van der Waals surface area contributed by atoms with Crippen LogP contribution in [0.4, 0.5) is 5.82 Å². The maximum absolute atomic E-state index is 11.9. The molecule has 0 unspecified atom stereocenters. The SMILES string of the molecule is Cc1nc(N)c2nc(CC3CC3)n(CCOCCN(C)C(=O)C(C)C)c2c1C. The summed E-state index contributed by atoms with van der Waals surface area (Å²) in [6, 6.07) is 0. The highest BCUT2D eigenvalue weighted by molar-refractivity contribution is 5.88. The number of nitrogens with two attached hydrogens (primary N) is 1. The van der Waals surface area contributed by atoms with Gasteiger partial charge in [0.1, 0.15) is 11.3 Å². The van der Waals surface area contributed by atoms with Gasteiger partial charge in [-0.25, -0.2) is 9.97 Å². The standard InChI is InChI=1S/C21H33N5O2/c1-13(2)21(27)25(5)8-10-28-11-9-26-17(12-16-6-7-16)24-18-19(26)14(3)15(4)23-20(18)22/h13,16H,6-12H2,1-5H3,(H2,22,23). The number of nitrogen functional groups attached to an aromatic ring is 1. The van der Waals surface area contributed by atoms with Crippen LogP contribution in [-0.4, -0.2) is 52.1 Å². The Morgan fingerprint density at radius 2 is 2.00 bits per heavy atom. The number of hydrogen-bond acceptors (Lipinski definition) is 5. The first kappa shape index (κ1) is 20.6. The fourth-order valence-electron chi connectivity index (χ4n) is 3.53. The number of rotatable bonds is 9. The molecule has 0 radical (unpaired) electrons. The second-order valence-electron chi connectivity index (χ2n) is 8.26. The van der Waals surface area contributed by atoms with Crippen molar-refractivity contribution in [2.24, 2.45) is 11.8 Å². The molecule has 2 N–H and O–H groups in total. The molecule has 3 rings (SSSR count). The summed E-state index contributed by atoms with van der Waals surface area (Å²) in [6.07, 6.45) is 3.54. The van der Waals surface area contributed by atoms with Gasteiger partial charge in [-0.3, -0.25) is 4.79 Å². The normalized spacial score (nSPS) is 14.2. The maximum Gasteiger partial charge on any atom is 0.224 e. The molecule has 1 amide bonds. The van der Waals surface area contributed by atoms with Gasteiger partial charge in [0.2, 0.25) is 5.91 Å². The summed E-state index contributed by atoms with van der Waals surface area (Å²) in [5.74, 6) is 2.48. The number of imidazole rings is 1. The van der Waals surface area contributed by atoms with Gasteiger partial charge in [0.15, 0.2) is 5.82 Å². The molecule has 2 aromatic rings. The molecule has 0 bridgehead atoms. The Kier molecular flexibility index (Phi) is 6.23. The number of carbonyl (C=O) groups excluding carboxylic acids is 1. The minimum Gasteiger partial charge on any atom is -0.382 e. The molecule has 154 valence electrons. The van der Waals surface area contributed by atoms with Crippen molar-refractivity contribution in [3.63, 3.8) is 0 Å². The Morgan fingerprint density at radius 3 is 2.64 bits per heavy atom. The fraction of sp³-hybridized carbons (Fsp3) is 0.667. The zero-order valence-electron chi connectivity index (χ0n) is 17.8. The first-order chi connectivity index (χ1) is 13.3. The third kappa shape index (κ3) is 4.46. The van der Waals surface area contributed by atoms with Gasteiger partial charge in [0.25, 0.3) is 0 Å². The number of hydrogen-bond donors (Lipinski definition) is 1. The Balaban J connectivity index is 1.68. The quantitative estimate of drug-likeness (QED) is 0.669. The van der Waals surface area contributed by atoms with Crippen molar-refractivity contribution in [2.75, 3.05) is 32.5 Å². The number of aryl methyl sites for hydroxylation is 2. The van der Waals surface area contributed by atoms with Crippen LogP contribution >= 0.6 is 0 Å². The van der Waals surface area contributed by atoms with Crippen molar-refractivity contribution in [1.82, 2.24) is 19.4 Å². The summed E-state index contributed by atoms with van der Waals surface area (Å²) in [5, 5.41) is 0. The average Bonchev–Trinajstić information content (AvgIpc) is 3.38. The number of likely N-dealkylation sites (N-methyl/N-ethyl adjacent to an activating group) is 1. The maximum atomic E-state index is 11.9. The van der Waals surface area contributed by atoms with Crippen LogP contribution in [0.15, 0.2) is 0 Å². The van der Waals surface area contributed by atoms with E-state index in [2.05, 4.69) is 16.5 Å². The second kappa shape index (κ2) is 8.47. The van der Waals surface area contributed by atoms with E-state index < -0.39 is 0 Å². The lowest BCUT2D eigenvalue weighted by Gasteiger charge is -2.19. The number of amides is 1. The van der Waals surface area contributed by atoms with Crippen molar-refractivity contribution in [1.29, 1.82) is 0 Å². The third-order valence-electron chi connectivity index (χ3n) is 5.54. The summed E-state index contributed by atoms with van der Waals surface area (Å²) < 4.78 is 8.10. The second-order valence-corrected chi connectivity index (χ2v) is 8.26. The van der Waals surface area contributed by atoms with Crippen molar-refractivity contribution < 1.29 is 9.53 Å². The van der Waals surface area contributed by atoms with Gasteiger partial charge in [0, 0.05) is 38.2 Å². The Morgan fingerprint density at radius 1 is 1.29 bits per heavy atom. The molecular formula is C21H33N5O2. The number of ether oxygens (including phenoxy) is 1. The summed E-state index contributed by atoms with van der Waals surface area (Å²) in [7, 11) is 1.82. The summed E-state index contributed by atoms with van der Waals surface area (Å²) in [6.45, 7) is 10.3. The van der Waals surface area contributed by atoms with Crippen molar-refractivity contribution in [2.45, 2.75) is 53.5 Å². The van der Waals surface area contributed by atoms with Crippen LogP contribution < -0.4 is 5.73 Å². The lowest BCUT2D eigenvalue weighted by molar-refractivity contribution is -0.133. The molecule has 2 heterocycles. The molecule has 1 saturated carbocycles. The van der Waals surface area contributed by atoms with E-state index >= 15 is 0 Å². The Labute approximate surface area is 167 Å². The number of anilines is 1. The highest BCUT2D eigenvalue weighted by Gasteiger charge is 2.26. The summed E-state index contributed by atoms with van der Waals surface area (Å²) in [5.41, 5.74) is 10.1. The molecule has 0 saturated heterocycles. The van der Waals surface area contributed by atoms with Crippen LogP contribution in [0.3, 0.4) is 0 Å². The summed E-state index contributed by atoms with van der Waals surface area (Å²) in [4.78, 5) is 22.9. The molecule has 28 heavy (non-hydrogen) atoms. The van der Waals surface area contributed by atoms with Gasteiger partial charge in [-0.1, -0.05) is 13.8 Å². The van der Waals surface area contributed by atoms with Gasteiger partial charge in [-0.2, -0.15) is 0 Å². The van der Waals surface area contributed by atoms with E-state index in [-0.39, 0.29) is 11.8 Å². The largest absolute Gasteiger partial charge is 0.382 e. The lowest BCUT2D eigenvalue weighted by atomic mass is 10.2. The van der Waals surface area contributed by atoms with Crippen molar-refractivity contribution in [3.8, 4) is 0 Å². The molecule has 0 aromatic carbocycles. The molecule has 1 aliphatic carbocycles. The van der Waals surface area contributed by atoms with Crippen molar-refractivity contribution >= 4 is 22.8 Å². The average molecular weight is 388 g/mol. The molecule has 0 spiro atoms. The van der Waals surface area contributed by atoms with Crippen LogP contribution in [0.1, 0.15) is 43.8 Å². The van der Waals surface area contributed by atoms with Crippen LogP contribution in [0.25, 0.3) is 11.0 Å². The van der Waals surface area contributed by atoms with Crippen LogP contribution in [0.5, 0.6) is 0 Å². The van der Waals surface area contributed by atoms with E-state index in [1.165, 1.54) is 12.8 Å². The van der Waals surface area contributed by atoms with Crippen LogP contribution in [0, 0.1) is 25.7 Å². The van der Waals surface area contributed by atoms with E-state index in [0.717, 1.165) is 47.0 Å². The van der Waals surface area contributed by atoms with Gasteiger partial charge >= 0.3 is 0 Å². The van der Waals surface area contributed by atoms with E-state index in [1.54, 1.807) is 4.90 Å². The molecule has 1 aliphatic rings. The molecule has 7 heteroatoms. The highest BCUT2D eigenvalue weighted by Crippen LogP contribution is 2.34. The number of carbonyl (C=O) groups is 1. The Bertz CT molecular complexity index is 854. The third-order valence-corrected chi connectivity index (χ3v) is 5.54. The number of pyridine rings is 1. The Hall–Kier alpha value is -2.15. The number of fused-ring (bicyclic) bond motifs is 1. The molecule has 0 aliphatic heterocycles. The van der Waals surface area contributed by atoms with E-state index in [9.17, 15) is 4.79 Å². The predicted molar refractivity (Wildman–Crippen MR) is 111 cm³/mol. The van der Waals surface area contributed by atoms with Crippen LogP contribution in [0.2, 0.25) is 0 Å². The number of aromatic nitrogens is 3. The molecule has 7 nitrogen and oxygen atoms in total. The van der Waals surface area contributed by atoms with E-state index in [0.29, 0.717) is 25.6 Å². The zero-order chi connectivity index (χ0) is 20.4. The van der Waals surface area contributed by atoms with Gasteiger partial charge in [-0.15, -0.1) is 0 Å². The summed E-state index contributed by atoms with van der Waals surface area (Å²) >= 11 is 0. The smallest absolute Gasteiger partial charge is 0.224 e. The monoisotopic (exact) mass is 387 g/mol. The van der Waals surface area contributed by atoms with E-state index in [4.69, 9.17) is 15.5 Å². The van der Waals surface area contributed by atoms with Gasteiger partial charge in [-0.05, 0) is 38.2 Å². The van der Waals surface area contributed by atoms with E-state index in [1.807, 2.05) is 27.8 Å². The van der Waals surface area contributed by atoms with Crippen molar-refractivity contribution in [3.05, 3.63) is 17.1 Å². The fourth-order valence-corrected chi connectivity index (χ4v) is 3.53. The predicted octanol–water partition coefficient (Wildman–Crippen LogP) is 2.71. The minimum atomic E-state index is 0.0116. The molecule has 2 aromatic heterocycles. The van der Waals surface area contributed by atoms with Gasteiger partial charge < -0.3 is 19.9 Å². The first-order valence-corrected chi connectivity index (χ1v) is 10.2. The molecular weight excluding hydrogens is 354 g/mol. The molecule has 1 fully saturated rings. The van der Waals surface area contributed by atoms with Gasteiger partial charge in [0.05, 0.1) is 18.7 Å². The topological polar surface area (TPSA) is 86.3 Å². The minimum absolute atomic E-state index is 0.0116. The first-order valence-electron chi connectivity index (χ1n) is 10.2. The lowest BCUT2D eigenvalue weighted by Crippen LogP contribution is -2.33. The molecule has 0 atom stereocenters. The highest BCUT2D eigenvalue weighted by atomic mass is 16.5. The zero-order valence-corrected chi connectivity index (χ0v) is 17.8. The van der Waals surface area contributed by atoms with Crippen LogP contribution in [-0.2, 0) is 22.5 Å². The number of nitrogens with zero attached hydrogens (tertiary/aromatic N) is 4.